The molecule has 0 heterocycles. The van der Waals surface area contributed by atoms with Gasteiger partial charge in [0.2, 0.25) is 0 Å². The summed E-state index contributed by atoms with van der Waals surface area (Å²) >= 11 is 0. The molecule has 0 aromatic carbocycles. The first-order valence-electron chi connectivity index (χ1n) is 3.98. The van der Waals surface area contributed by atoms with Crippen LogP contribution in [-0.4, -0.2) is 29.1 Å². The van der Waals surface area contributed by atoms with Gasteiger partial charge in [-0.15, -0.1) is 13.2 Å². The van der Waals surface area contributed by atoms with Gasteiger partial charge in [-0.2, -0.15) is 0 Å². The standard InChI is InChI=1S/C10H15NO2/c1-4-6-11(7-5-2)9(3)8-10(12)13/h4-5H,1-3,6-8H2,(H,12,13). The van der Waals surface area contributed by atoms with Crippen molar-refractivity contribution in [3.63, 3.8) is 0 Å². The summed E-state index contributed by atoms with van der Waals surface area (Å²) in [6.07, 6.45) is 3.37. The van der Waals surface area contributed by atoms with Crippen LogP contribution in [0, 0.1) is 0 Å². The molecule has 0 aliphatic heterocycles. The molecule has 0 aliphatic rings. The number of aliphatic carboxylic acids is 1. The van der Waals surface area contributed by atoms with E-state index < -0.39 is 5.97 Å². The van der Waals surface area contributed by atoms with Gasteiger partial charge in [-0.25, -0.2) is 0 Å². The van der Waals surface area contributed by atoms with Gasteiger partial charge in [0.05, 0.1) is 6.42 Å². The van der Waals surface area contributed by atoms with Crippen molar-refractivity contribution in [3.8, 4) is 0 Å². The summed E-state index contributed by atoms with van der Waals surface area (Å²) in [7, 11) is 0. The van der Waals surface area contributed by atoms with E-state index in [0.717, 1.165) is 0 Å². The maximum absolute atomic E-state index is 10.4. The van der Waals surface area contributed by atoms with Crippen LogP contribution < -0.4 is 0 Å². The van der Waals surface area contributed by atoms with Crippen molar-refractivity contribution in [1.29, 1.82) is 0 Å². The van der Waals surface area contributed by atoms with E-state index in [1.165, 1.54) is 0 Å². The first-order valence-corrected chi connectivity index (χ1v) is 3.98. The van der Waals surface area contributed by atoms with Gasteiger partial charge in [0.1, 0.15) is 0 Å². The van der Waals surface area contributed by atoms with Crippen LogP contribution in [0.2, 0.25) is 0 Å². The number of hydrogen-bond acceptors (Lipinski definition) is 2. The molecule has 72 valence electrons. The maximum atomic E-state index is 10.4. The molecule has 0 atom stereocenters. The minimum atomic E-state index is -0.872. The average Bonchev–Trinajstić information content (AvgIpc) is 2.02. The molecule has 13 heavy (non-hydrogen) atoms. The topological polar surface area (TPSA) is 40.5 Å². The fraction of sp³-hybridized carbons (Fsp3) is 0.300. The second-order valence-electron chi connectivity index (χ2n) is 2.62. The highest BCUT2D eigenvalue weighted by atomic mass is 16.4. The zero-order valence-electron chi connectivity index (χ0n) is 7.70. The molecule has 0 spiro atoms. The molecule has 0 saturated carbocycles. The van der Waals surface area contributed by atoms with Crippen molar-refractivity contribution in [1.82, 2.24) is 4.90 Å². The number of hydrogen-bond donors (Lipinski definition) is 1. The summed E-state index contributed by atoms with van der Waals surface area (Å²) in [5.74, 6) is -0.872. The van der Waals surface area contributed by atoms with E-state index in [2.05, 4.69) is 19.7 Å². The summed E-state index contributed by atoms with van der Waals surface area (Å²) in [5.41, 5.74) is 0.576. The molecular formula is C10H15NO2. The normalized spacial score (nSPS) is 8.92. The second kappa shape index (κ2) is 6.06. The van der Waals surface area contributed by atoms with E-state index in [1.54, 1.807) is 12.2 Å². The lowest BCUT2D eigenvalue weighted by Gasteiger charge is -2.22. The number of carbonyl (C=O) groups is 1. The van der Waals surface area contributed by atoms with Gasteiger partial charge in [-0.05, 0) is 0 Å². The Labute approximate surface area is 78.7 Å². The first kappa shape index (κ1) is 11.5. The van der Waals surface area contributed by atoms with Gasteiger partial charge >= 0.3 is 5.97 Å². The van der Waals surface area contributed by atoms with Crippen molar-refractivity contribution < 1.29 is 9.90 Å². The molecule has 0 unspecified atom stereocenters. The van der Waals surface area contributed by atoms with Crippen molar-refractivity contribution in [2.24, 2.45) is 0 Å². The number of nitrogens with zero attached hydrogens (tertiary/aromatic N) is 1. The van der Waals surface area contributed by atoms with Crippen molar-refractivity contribution in [2.75, 3.05) is 13.1 Å². The van der Waals surface area contributed by atoms with E-state index in [9.17, 15) is 4.79 Å². The highest BCUT2D eigenvalue weighted by Gasteiger charge is 2.07. The highest BCUT2D eigenvalue weighted by Crippen LogP contribution is 2.06. The Kier molecular flexibility index (Phi) is 5.35. The van der Waals surface area contributed by atoms with E-state index in [4.69, 9.17) is 5.11 Å². The van der Waals surface area contributed by atoms with Crippen LogP contribution in [0.5, 0.6) is 0 Å². The van der Waals surface area contributed by atoms with Gasteiger partial charge in [-0.3, -0.25) is 4.79 Å². The zero-order valence-corrected chi connectivity index (χ0v) is 7.70. The molecule has 0 aliphatic carbocycles. The lowest BCUT2D eigenvalue weighted by molar-refractivity contribution is -0.136. The smallest absolute Gasteiger partial charge is 0.309 e. The predicted molar refractivity (Wildman–Crippen MR) is 53.4 cm³/mol. The molecule has 0 fully saturated rings. The summed E-state index contributed by atoms with van der Waals surface area (Å²) in [6, 6.07) is 0. The van der Waals surface area contributed by atoms with Gasteiger partial charge in [-0.1, -0.05) is 18.7 Å². The molecule has 0 saturated heterocycles. The van der Waals surface area contributed by atoms with Gasteiger partial charge < -0.3 is 10.0 Å². The van der Waals surface area contributed by atoms with Crippen molar-refractivity contribution >= 4 is 5.97 Å². The van der Waals surface area contributed by atoms with E-state index in [1.807, 2.05) is 4.90 Å². The Hall–Kier alpha value is -1.51. The third kappa shape index (κ3) is 4.85. The summed E-state index contributed by atoms with van der Waals surface area (Å²) in [5, 5.41) is 8.53. The Bertz CT molecular complexity index is 211. The third-order valence-electron chi connectivity index (χ3n) is 1.50. The van der Waals surface area contributed by atoms with Crippen LogP contribution in [0.1, 0.15) is 6.42 Å². The minimum absolute atomic E-state index is 0.0400. The van der Waals surface area contributed by atoms with Gasteiger partial charge in [0.25, 0.3) is 0 Å². The molecular weight excluding hydrogens is 166 g/mol. The minimum Gasteiger partial charge on any atom is -0.481 e. The van der Waals surface area contributed by atoms with Crippen LogP contribution in [-0.2, 0) is 4.79 Å². The van der Waals surface area contributed by atoms with E-state index in [-0.39, 0.29) is 6.42 Å². The van der Waals surface area contributed by atoms with Crippen LogP contribution in [0.15, 0.2) is 37.6 Å². The Morgan fingerprint density at radius 3 is 2.08 bits per heavy atom. The fourth-order valence-corrected chi connectivity index (χ4v) is 0.931. The number of rotatable bonds is 7. The molecule has 0 bridgehead atoms. The molecule has 0 rings (SSSR count). The first-order chi connectivity index (χ1) is 6.11. The zero-order chi connectivity index (χ0) is 10.3. The third-order valence-corrected chi connectivity index (χ3v) is 1.50. The fourth-order valence-electron chi connectivity index (χ4n) is 0.931. The number of carboxylic acid groups (broad SMARTS) is 1. The predicted octanol–water partition coefficient (Wildman–Crippen LogP) is 1.65. The van der Waals surface area contributed by atoms with Crippen molar-refractivity contribution in [2.45, 2.75) is 6.42 Å². The lowest BCUT2D eigenvalue weighted by atomic mass is 10.3. The summed E-state index contributed by atoms with van der Waals surface area (Å²) in [6.45, 7) is 12.0. The molecule has 0 radical (unpaired) electrons. The van der Waals surface area contributed by atoms with Crippen LogP contribution in [0.4, 0.5) is 0 Å². The Balaban J connectivity index is 4.17. The second-order valence-corrected chi connectivity index (χ2v) is 2.62. The van der Waals surface area contributed by atoms with Crippen LogP contribution in [0.25, 0.3) is 0 Å². The van der Waals surface area contributed by atoms with E-state index >= 15 is 0 Å². The summed E-state index contributed by atoms with van der Waals surface area (Å²) < 4.78 is 0. The molecule has 0 aromatic heterocycles. The Morgan fingerprint density at radius 2 is 1.77 bits per heavy atom. The SMILES string of the molecule is C=CCN(CC=C)C(=C)CC(=O)O. The monoisotopic (exact) mass is 181 g/mol. The molecule has 0 amide bonds. The number of carboxylic acids is 1. The van der Waals surface area contributed by atoms with Gasteiger partial charge in [0.15, 0.2) is 0 Å². The summed E-state index contributed by atoms with van der Waals surface area (Å²) in [4.78, 5) is 12.2. The lowest BCUT2D eigenvalue weighted by Crippen LogP contribution is -2.24. The molecule has 3 nitrogen and oxygen atoms in total. The Morgan fingerprint density at radius 1 is 1.31 bits per heavy atom. The largest absolute Gasteiger partial charge is 0.481 e. The highest BCUT2D eigenvalue weighted by molar-refractivity contribution is 5.69. The van der Waals surface area contributed by atoms with Crippen molar-refractivity contribution in [3.05, 3.63) is 37.6 Å². The maximum Gasteiger partial charge on any atom is 0.309 e. The quantitative estimate of drug-likeness (QED) is 0.607. The molecule has 3 heteroatoms. The molecule has 1 N–H and O–H groups in total. The van der Waals surface area contributed by atoms with E-state index in [0.29, 0.717) is 18.8 Å². The average molecular weight is 181 g/mol. The van der Waals surface area contributed by atoms with Gasteiger partial charge in [0, 0.05) is 18.8 Å². The van der Waals surface area contributed by atoms with Crippen LogP contribution >= 0.6 is 0 Å². The molecule has 0 aromatic rings. The van der Waals surface area contributed by atoms with Crippen LogP contribution in [0.3, 0.4) is 0 Å².